The minimum Gasteiger partial charge on any atom is -0.339 e. The second-order valence-electron chi connectivity index (χ2n) is 7.17. The van der Waals surface area contributed by atoms with Crippen LogP contribution in [0, 0.1) is 0 Å². The highest BCUT2D eigenvalue weighted by molar-refractivity contribution is 7.91. The zero-order valence-corrected chi connectivity index (χ0v) is 17.3. The Bertz CT molecular complexity index is 1030. The van der Waals surface area contributed by atoms with Crippen molar-refractivity contribution in [3.63, 3.8) is 0 Å². The van der Waals surface area contributed by atoms with Crippen molar-refractivity contribution >= 4 is 38.7 Å². The van der Waals surface area contributed by atoms with Crippen LogP contribution in [0.15, 0.2) is 52.9 Å². The highest BCUT2D eigenvalue weighted by atomic mass is 32.2. The van der Waals surface area contributed by atoms with Crippen molar-refractivity contribution in [2.45, 2.75) is 31.3 Å². The Balaban J connectivity index is 1.56. The van der Waals surface area contributed by atoms with Crippen molar-refractivity contribution in [3.8, 4) is 0 Å². The number of hydrazone groups is 1. The van der Waals surface area contributed by atoms with Crippen LogP contribution in [0.2, 0.25) is 0 Å². The maximum absolute atomic E-state index is 13.0. The third kappa shape index (κ3) is 4.40. The van der Waals surface area contributed by atoms with Gasteiger partial charge in [-0.3, -0.25) is 9.59 Å². The Kier molecular flexibility index (Phi) is 5.51. The molecule has 0 radical (unpaired) electrons. The second-order valence-corrected chi connectivity index (χ2v) is 10.4. The molecule has 2 atom stereocenters. The third-order valence-corrected chi connectivity index (χ3v) is 7.80. The van der Waals surface area contributed by atoms with Crippen molar-refractivity contribution in [2.75, 3.05) is 11.5 Å². The van der Waals surface area contributed by atoms with E-state index in [9.17, 15) is 18.0 Å². The number of amides is 2. The third-order valence-electron chi connectivity index (χ3n) is 5.11. The van der Waals surface area contributed by atoms with Crippen LogP contribution in [-0.2, 0) is 19.4 Å². The minimum atomic E-state index is -3.15. The van der Waals surface area contributed by atoms with Crippen molar-refractivity contribution in [2.24, 2.45) is 5.10 Å². The molecule has 7 nitrogen and oxygen atoms in total. The van der Waals surface area contributed by atoms with E-state index >= 15 is 0 Å². The number of thiophene rings is 1. The lowest BCUT2D eigenvalue weighted by Gasteiger charge is -2.28. The van der Waals surface area contributed by atoms with Crippen molar-refractivity contribution < 1.29 is 18.0 Å². The Labute approximate surface area is 173 Å². The summed E-state index contributed by atoms with van der Waals surface area (Å²) in [5.41, 5.74) is 1.21. The minimum absolute atomic E-state index is 0.0486. The lowest BCUT2D eigenvalue weighted by Crippen LogP contribution is -2.44. The zero-order chi connectivity index (χ0) is 20.4. The number of benzene rings is 1. The molecule has 0 aliphatic carbocycles. The number of hydrogen-bond donors (Lipinski definition) is 1. The summed E-state index contributed by atoms with van der Waals surface area (Å²) in [4.78, 5) is 26.3. The number of rotatable bonds is 5. The van der Waals surface area contributed by atoms with Gasteiger partial charge in [0, 0.05) is 17.7 Å². The lowest BCUT2D eigenvalue weighted by molar-refractivity contribution is -0.133. The molecule has 1 aromatic carbocycles. The zero-order valence-electron chi connectivity index (χ0n) is 15.7. The molecule has 152 valence electrons. The number of carbonyl (C=O) groups is 2. The lowest BCUT2D eigenvalue weighted by atomic mass is 10.0. The van der Waals surface area contributed by atoms with Crippen LogP contribution in [-0.4, -0.2) is 48.5 Å². The molecule has 0 bridgehead atoms. The second kappa shape index (κ2) is 8.08. The van der Waals surface area contributed by atoms with E-state index in [2.05, 4.69) is 10.4 Å². The van der Waals surface area contributed by atoms with E-state index in [0.717, 1.165) is 10.4 Å². The van der Waals surface area contributed by atoms with Gasteiger partial charge in [0.15, 0.2) is 9.84 Å². The first-order chi connectivity index (χ1) is 13.9. The number of nitrogens with zero attached hydrogens (tertiary/aromatic N) is 2. The van der Waals surface area contributed by atoms with E-state index in [1.54, 1.807) is 11.3 Å². The molecule has 1 N–H and O–H groups in total. The maximum atomic E-state index is 13.0. The molecular formula is C20H21N3O4S2. The molecule has 2 aliphatic heterocycles. The van der Waals surface area contributed by atoms with Gasteiger partial charge in [-0.1, -0.05) is 36.4 Å². The molecule has 2 aromatic rings. The molecule has 3 heterocycles. The molecule has 0 spiro atoms. The number of nitrogens with one attached hydrogen (secondary N) is 1. The molecule has 1 saturated heterocycles. The summed E-state index contributed by atoms with van der Waals surface area (Å²) < 4.78 is 23.5. The van der Waals surface area contributed by atoms with E-state index < -0.39 is 15.9 Å². The highest BCUT2D eigenvalue weighted by Crippen LogP contribution is 2.27. The van der Waals surface area contributed by atoms with Gasteiger partial charge in [-0.25, -0.2) is 13.4 Å². The summed E-state index contributed by atoms with van der Waals surface area (Å²) in [6.07, 6.45) is 0.749. The first-order valence-corrected chi connectivity index (χ1v) is 12.1. The van der Waals surface area contributed by atoms with Gasteiger partial charge in [-0.2, -0.15) is 5.10 Å². The molecule has 29 heavy (non-hydrogen) atoms. The van der Waals surface area contributed by atoms with Crippen molar-refractivity contribution in [1.29, 1.82) is 0 Å². The van der Waals surface area contributed by atoms with E-state index in [4.69, 9.17) is 0 Å². The van der Waals surface area contributed by atoms with Crippen molar-refractivity contribution in [3.05, 3.63) is 58.3 Å². The molecule has 2 amide bonds. The topological polar surface area (TPSA) is 95.9 Å². The normalized spacial score (nSPS) is 22.2. The fourth-order valence-corrected chi connectivity index (χ4v) is 6.12. The van der Waals surface area contributed by atoms with Gasteiger partial charge in [-0.15, -0.1) is 11.3 Å². The monoisotopic (exact) mass is 431 g/mol. The quantitative estimate of drug-likeness (QED) is 0.784. The molecular weight excluding hydrogens is 410 g/mol. The summed E-state index contributed by atoms with van der Waals surface area (Å²) in [5, 5.41) is 10.5. The summed E-state index contributed by atoms with van der Waals surface area (Å²) in [6, 6.07) is 12.7. The molecule has 2 aliphatic rings. The molecule has 1 aromatic heterocycles. The fourth-order valence-electron chi connectivity index (χ4n) is 3.62. The molecule has 0 saturated carbocycles. The Hall–Kier alpha value is -2.52. The molecule has 9 heteroatoms. The van der Waals surface area contributed by atoms with Crippen LogP contribution in [0.25, 0.3) is 0 Å². The Morgan fingerprint density at radius 1 is 1.17 bits per heavy atom. The molecule has 2 unspecified atom stereocenters. The van der Waals surface area contributed by atoms with Crippen LogP contribution >= 0.6 is 11.3 Å². The SMILES string of the molecule is O=C(NC(c1ccccc1)c1cccs1)C1=NN(C2CCS(=O)(=O)C2)C(=O)CC1. The predicted octanol–water partition coefficient (Wildman–Crippen LogP) is 2.12. The first kappa shape index (κ1) is 19.8. The molecule has 4 rings (SSSR count). The highest BCUT2D eigenvalue weighted by Gasteiger charge is 2.37. The van der Waals surface area contributed by atoms with Gasteiger partial charge in [0.05, 0.1) is 23.6 Å². The summed E-state index contributed by atoms with van der Waals surface area (Å²) >= 11 is 1.55. The van der Waals surface area contributed by atoms with Crippen LogP contribution in [0.1, 0.15) is 35.7 Å². The van der Waals surface area contributed by atoms with Gasteiger partial charge in [-0.05, 0) is 23.4 Å². The number of sulfone groups is 1. The largest absolute Gasteiger partial charge is 0.339 e. The average molecular weight is 432 g/mol. The van der Waals surface area contributed by atoms with E-state index in [1.165, 1.54) is 5.01 Å². The van der Waals surface area contributed by atoms with Gasteiger partial charge in [0.1, 0.15) is 5.71 Å². The number of hydrogen-bond acceptors (Lipinski definition) is 6. The van der Waals surface area contributed by atoms with Crippen molar-refractivity contribution in [1.82, 2.24) is 10.3 Å². The smallest absolute Gasteiger partial charge is 0.268 e. The number of carbonyl (C=O) groups excluding carboxylic acids is 2. The van der Waals surface area contributed by atoms with Crippen LogP contribution in [0.3, 0.4) is 0 Å². The van der Waals surface area contributed by atoms with Gasteiger partial charge in [0.25, 0.3) is 5.91 Å². The first-order valence-electron chi connectivity index (χ1n) is 9.42. The Morgan fingerprint density at radius 3 is 2.62 bits per heavy atom. The van der Waals surface area contributed by atoms with Crippen LogP contribution < -0.4 is 5.32 Å². The summed E-state index contributed by atoms with van der Waals surface area (Å²) in [7, 11) is -3.15. The van der Waals surface area contributed by atoms with E-state index in [1.807, 2.05) is 47.8 Å². The van der Waals surface area contributed by atoms with Gasteiger partial charge >= 0.3 is 0 Å². The van der Waals surface area contributed by atoms with Crippen LogP contribution in [0.5, 0.6) is 0 Å². The maximum Gasteiger partial charge on any atom is 0.268 e. The average Bonchev–Trinajstić information content (AvgIpc) is 3.36. The predicted molar refractivity (Wildman–Crippen MR) is 111 cm³/mol. The van der Waals surface area contributed by atoms with E-state index in [0.29, 0.717) is 6.42 Å². The standard InChI is InChI=1S/C20H21N3O4S2/c24-18-9-8-16(22-23(18)15-10-12-29(26,27)13-15)20(25)21-19(17-7-4-11-28-17)14-5-2-1-3-6-14/h1-7,11,15,19H,8-10,12-13H2,(H,21,25). The van der Waals surface area contributed by atoms with E-state index in [-0.39, 0.29) is 47.9 Å². The van der Waals surface area contributed by atoms with Crippen LogP contribution in [0.4, 0.5) is 0 Å². The summed E-state index contributed by atoms with van der Waals surface area (Å²) in [6.45, 7) is 0. The molecule has 1 fully saturated rings. The summed E-state index contributed by atoms with van der Waals surface area (Å²) in [5.74, 6) is -0.626. The van der Waals surface area contributed by atoms with Gasteiger partial charge < -0.3 is 5.32 Å². The van der Waals surface area contributed by atoms with Gasteiger partial charge in [0.2, 0.25) is 5.91 Å². The Morgan fingerprint density at radius 2 is 1.97 bits per heavy atom. The fraction of sp³-hybridized carbons (Fsp3) is 0.350.